The maximum Gasteiger partial charge on any atom is 0.412 e. The first-order chi connectivity index (χ1) is 16.9. The Hall–Kier alpha value is -4.18. The van der Waals surface area contributed by atoms with Crippen molar-refractivity contribution in [1.82, 2.24) is 15.1 Å². The fraction of sp³-hybridized carbons (Fsp3) is 0.280. The number of ether oxygens (including phenoxy) is 2. The van der Waals surface area contributed by atoms with Crippen molar-refractivity contribution in [1.29, 1.82) is 0 Å². The fourth-order valence-electron chi connectivity index (χ4n) is 4.66. The Bertz CT molecular complexity index is 1260. The van der Waals surface area contributed by atoms with Crippen LogP contribution in [-0.4, -0.2) is 58.7 Å². The summed E-state index contributed by atoms with van der Waals surface area (Å²) in [6.07, 6.45) is -0.688. The molecular formula is C25H24N4O6. The number of carbonyl (C=O) groups is 3. The van der Waals surface area contributed by atoms with Crippen molar-refractivity contribution in [2.45, 2.75) is 12.0 Å². The summed E-state index contributed by atoms with van der Waals surface area (Å²) in [7, 11) is 1.55. The molecule has 2 heterocycles. The lowest BCUT2D eigenvalue weighted by molar-refractivity contribution is -0.142. The summed E-state index contributed by atoms with van der Waals surface area (Å²) in [6.45, 7) is 0.309. The van der Waals surface area contributed by atoms with Crippen LogP contribution in [0.1, 0.15) is 27.5 Å². The molecule has 1 aliphatic heterocycles. The van der Waals surface area contributed by atoms with Crippen LogP contribution in [0.3, 0.4) is 0 Å². The van der Waals surface area contributed by atoms with Gasteiger partial charge < -0.3 is 19.9 Å². The second-order valence-electron chi connectivity index (χ2n) is 8.55. The molecule has 1 aliphatic carbocycles. The van der Waals surface area contributed by atoms with Gasteiger partial charge in [0.2, 0.25) is 0 Å². The minimum absolute atomic E-state index is 0.0419. The third kappa shape index (κ3) is 4.35. The SMILES string of the molecule is Cn1nc(NC(=O)OCC2c3ccccc3-c3ccccc32)cc1C(=O)NC1COCC1C(=O)O. The Morgan fingerprint density at radius 3 is 2.40 bits per heavy atom. The molecule has 2 aliphatic rings. The predicted octanol–water partition coefficient (Wildman–Crippen LogP) is 2.61. The van der Waals surface area contributed by atoms with E-state index >= 15 is 0 Å². The smallest absolute Gasteiger partial charge is 0.412 e. The number of benzene rings is 2. The topological polar surface area (TPSA) is 132 Å². The van der Waals surface area contributed by atoms with Gasteiger partial charge in [0.15, 0.2) is 5.82 Å². The second kappa shape index (κ2) is 9.22. The summed E-state index contributed by atoms with van der Waals surface area (Å²) < 4.78 is 12.0. The first kappa shape index (κ1) is 22.6. The van der Waals surface area contributed by atoms with Crippen LogP contribution in [0.15, 0.2) is 54.6 Å². The zero-order chi connectivity index (χ0) is 24.5. The number of carboxylic acid groups (broad SMARTS) is 1. The lowest BCUT2D eigenvalue weighted by atomic mass is 9.98. The number of aliphatic carboxylic acids is 1. The Morgan fingerprint density at radius 1 is 1.09 bits per heavy atom. The van der Waals surface area contributed by atoms with Crippen LogP contribution >= 0.6 is 0 Å². The van der Waals surface area contributed by atoms with E-state index in [2.05, 4.69) is 27.9 Å². The zero-order valence-electron chi connectivity index (χ0n) is 18.9. The number of hydrogen-bond donors (Lipinski definition) is 3. The molecule has 0 radical (unpaired) electrons. The molecule has 3 aromatic rings. The molecule has 3 N–H and O–H groups in total. The Kier molecular flexibility index (Phi) is 5.96. The van der Waals surface area contributed by atoms with Gasteiger partial charge in [0.1, 0.15) is 18.2 Å². The molecule has 2 unspecified atom stereocenters. The van der Waals surface area contributed by atoms with E-state index in [0.717, 1.165) is 22.3 Å². The minimum Gasteiger partial charge on any atom is -0.481 e. The highest BCUT2D eigenvalue weighted by molar-refractivity contribution is 5.95. The van der Waals surface area contributed by atoms with Crippen molar-refractivity contribution in [2.24, 2.45) is 13.0 Å². The summed E-state index contributed by atoms with van der Waals surface area (Å²) in [5.41, 5.74) is 4.64. The normalized spacial score (nSPS) is 18.5. The molecule has 0 bridgehead atoms. The monoisotopic (exact) mass is 476 g/mol. The van der Waals surface area contributed by atoms with Crippen LogP contribution in [0.5, 0.6) is 0 Å². The van der Waals surface area contributed by atoms with E-state index in [1.165, 1.54) is 10.7 Å². The lowest BCUT2D eigenvalue weighted by Crippen LogP contribution is -2.43. The molecule has 10 heteroatoms. The van der Waals surface area contributed by atoms with Crippen LogP contribution in [0.4, 0.5) is 10.6 Å². The van der Waals surface area contributed by atoms with E-state index in [-0.39, 0.29) is 37.3 Å². The van der Waals surface area contributed by atoms with Crippen LogP contribution in [0, 0.1) is 5.92 Å². The summed E-state index contributed by atoms with van der Waals surface area (Å²) in [6, 6.07) is 16.9. The largest absolute Gasteiger partial charge is 0.481 e. The molecule has 0 spiro atoms. The Morgan fingerprint density at radius 2 is 1.74 bits per heavy atom. The van der Waals surface area contributed by atoms with E-state index in [1.54, 1.807) is 7.05 Å². The summed E-state index contributed by atoms with van der Waals surface area (Å²) >= 11 is 0. The summed E-state index contributed by atoms with van der Waals surface area (Å²) in [4.78, 5) is 36.5. The van der Waals surface area contributed by atoms with Crippen molar-refractivity contribution >= 4 is 23.8 Å². The standard InChI is InChI=1S/C25H24N4O6/c1-29-21(23(30)26-20-13-34-11-19(20)24(31)32)10-22(28-29)27-25(33)35-12-18-16-8-4-2-6-14(16)15-7-3-5-9-17(15)18/h2-10,18-20H,11-13H2,1H3,(H,26,30)(H,31,32)(H,27,28,33). The number of amides is 2. The van der Waals surface area contributed by atoms with Crippen molar-refractivity contribution in [3.05, 3.63) is 71.4 Å². The summed E-state index contributed by atoms with van der Waals surface area (Å²) in [5, 5.41) is 18.6. The minimum atomic E-state index is -1.03. The Labute approximate surface area is 200 Å². The molecule has 2 aromatic carbocycles. The first-order valence-corrected chi connectivity index (χ1v) is 11.2. The van der Waals surface area contributed by atoms with E-state index in [4.69, 9.17) is 9.47 Å². The number of aryl methyl sites for hydroxylation is 1. The number of hydrogen-bond acceptors (Lipinski definition) is 6. The molecule has 2 amide bonds. The van der Waals surface area contributed by atoms with Crippen molar-refractivity contribution < 1.29 is 29.0 Å². The van der Waals surface area contributed by atoms with Crippen molar-refractivity contribution in [3.63, 3.8) is 0 Å². The average molecular weight is 476 g/mol. The molecular weight excluding hydrogens is 452 g/mol. The van der Waals surface area contributed by atoms with Gasteiger partial charge in [-0.15, -0.1) is 0 Å². The molecule has 5 rings (SSSR count). The van der Waals surface area contributed by atoms with Crippen LogP contribution in [-0.2, 0) is 21.3 Å². The molecule has 1 saturated heterocycles. The third-order valence-electron chi connectivity index (χ3n) is 6.40. The van der Waals surface area contributed by atoms with E-state index in [0.29, 0.717) is 0 Å². The quantitative estimate of drug-likeness (QED) is 0.498. The van der Waals surface area contributed by atoms with Gasteiger partial charge in [0.05, 0.1) is 19.3 Å². The van der Waals surface area contributed by atoms with Crippen LogP contribution < -0.4 is 10.6 Å². The van der Waals surface area contributed by atoms with Gasteiger partial charge in [-0.05, 0) is 22.3 Å². The maximum absolute atomic E-state index is 12.7. The van der Waals surface area contributed by atoms with Gasteiger partial charge in [-0.3, -0.25) is 19.6 Å². The molecule has 0 saturated carbocycles. The maximum atomic E-state index is 12.7. The van der Waals surface area contributed by atoms with E-state index in [1.807, 2.05) is 36.4 Å². The molecule has 10 nitrogen and oxygen atoms in total. The predicted molar refractivity (Wildman–Crippen MR) is 125 cm³/mol. The fourth-order valence-corrected chi connectivity index (χ4v) is 4.66. The highest BCUT2D eigenvalue weighted by atomic mass is 16.5. The molecule has 35 heavy (non-hydrogen) atoms. The number of carboxylic acids is 1. The molecule has 180 valence electrons. The van der Waals surface area contributed by atoms with Gasteiger partial charge in [0, 0.05) is 19.0 Å². The van der Waals surface area contributed by atoms with Gasteiger partial charge in [0.25, 0.3) is 5.91 Å². The third-order valence-corrected chi connectivity index (χ3v) is 6.40. The average Bonchev–Trinajstić information content (AvgIpc) is 3.53. The number of anilines is 1. The number of carbonyl (C=O) groups excluding carboxylic acids is 2. The van der Waals surface area contributed by atoms with Crippen LogP contribution in [0.2, 0.25) is 0 Å². The second-order valence-corrected chi connectivity index (χ2v) is 8.55. The number of aromatic nitrogens is 2. The van der Waals surface area contributed by atoms with E-state index < -0.39 is 29.9 Å². The first-order valence-electron chi connectivity index (χ1n) is 11.2. The Balaban J connectivity index is 1.22. The number of nitrogens with one attached hydrogen (secondary N) is 2. The number of rotatable bonds is 6. The van der Waals surface area contributed by atoms with E-state index in [9.17, 15) is 19.5 Å². The highest BCUT2D eigenvalue weighted by Crippen LogP contribution is 2.44. The van der Waals surface area contributed by atoms with Crippen molar-refractivity contribution in [3.8, 4) is 11.1 Å². The van der Waals surface area contributed by atoms with Crippen molar-refractivity contribution in [2.75, 3.05) is 25.1 Å². The molecule has 1 fully saturated rings. The summed E-state index contributed by atoms with van der Waals surface area (Å²) in [5.74, 6) is -2.29. The van der Waals surface area contributed by atoms with Gasteiger partial charge >= 0.3 is 12.1 Å². The molecule has 1 aromatic heterocycles. The number of nitrogens with zero attached hydrogens (tertiary/aromatic N) is 2. The van der Waals surface area contributed by atoms with Gasteiger partial charge in [-0.25, -0.2) is 4.79 Å². The molecule has 2 atom stereocenters. The van der Waals surface area contributed by atoms with Crippen LogP contribution in [0.25, 0.3) is 11.1 Å². The van der Waals surface area contributed by atoms with Gasteiger partial charge in [-0.1, -0.05) is 48.5 Å². The zero-order valence-corrected chi connectivity index (χ0v) is 18.9. The highest BCUT2D eigenvalue weighted by Gasteiger charge is 2.36. The van der Waals surface area contributed by atoms with Gasteiger partial charge in [-0.2, -0.15) is 5.10 Å². The number of fused-ring (bicyclic) bond motifs is 3. The lowest BCUT2D eigenvalue weighted by Gasteiger charge is -2.15.